The maximum absolute atomic E-state index is 12.2. The monoisotopic (exact) mass is 290 g/mol. The van der Waals surface area contributed by atoms with E-state index in [1.807, 2.05) is 0 Å². The zero-order valence-corrected chi connectivity index (χ0v) is 11.5. The Hall–Kier alpha value is -2.90. The van der Waals surface area contributed by atoms with Gasteiger partial charge in [-0.15, -0.1) is 0 Å². The fourth-order valence-electron chi connectivity index (χ4n) is 1.99. The number of imidazole rings is 1. The lowest BCUT2D eigenvalue weighted by atomic mass is 10.2. The molecular formula is C13H14N4O4. The maximum Gasteiger partial charge on any atom is 0.435 e. The molecule has 2 rings (SSSR count). The first-order chi connectivity index (χ1) is 9.90. The lowest BCUT2D eigenvalue weighted by Gasteiger charge is -2.13. The quantitative estimate of drug-likeness (QED) is 0.661. The molecule has 0 aliphatic rings. The number of aryl methyl sites for hydroxylation is 1. The Morgan fingerprint density at radius 1 is 1.52 bits per heavy atom. The van der Waals surface area contributed by atoms with Crippen LogP contribution in [0.2, 0.25) is 0 Å². The molecule has 0 bridgehead atoms. The summed E-state index contributed by atoms with van der Waals surface area (Å²) in [6, 6.07) is 5.25. The molecule has 0 saturated carbocycles. The molecule has 1 atom stereocenters. The molecule has 0 saturated heterocycles. The fraction of sp³-hybridized carbons (Fsp3) is 0.231. The van der Waals surface area contributed by atoms with E-state index in [9.17, 15) is 20.0 Å². The number of aromatic nitrogens is 2. The van der Waals surface area contributed by atoms with E-state index < -0.39 is 16.9 Å². The van der Waals surface area contributed by atoms with Crippen molar-refractivity contribution < 1.29 is 14.8 Å². The van der Waals surface area contributed by atoms with Crippen molar-refractivity contribution in [3.05, 3.63) is 46.3 Å². The Morgan fingerprint density at radius 3 is 2.86 bits per heavy atom. The lowest BCUT2D eigenvalue weighted by Crippen LogP contribution is -2.25. The molecule has 1 unspecified atom stereocenters. The number of nitrogens with zero attached hydrogens (tertiary/aromatic N) is 3. The van der Waals surface area contributed by atoms with Crippen molar-refractivity contribution in [1.82, 2.24) is 9.55 Å². The van der Waals surface area contributed by atoms with Crippen molar-refractivity contribution in [1.29, 1.82) is 0 Å². The number of amides is 1. The molecule has 2 N–H and O–H groups in total. The van der Waals surface area contributed by atoms with Crippen molar-refractivity contribution in [2.24, 2.45) is 0 Å². The van der Waals surface area contributed by atoms with Crippen LogP contribution in [0.4, 0.5) is 11.6 Å². The highest BCUT2D eigenvalue weighted by Gasteiger charge is 2.28. The van der Waals surface area contributed by atoms with Gasteiger partial charge in [-0.2, -0.15) is 0 Å². The average Bonchev–Trinajstić information content (AvgIpc) is 2.80. The minimum absolute atomic E-state index is 0.0187. The van der Waals surface area contributed by atoms with Gasteiger partial charge in [0.1, 0.15) is 17.6 Å². The normalized spacial score (nSPS) is 11.9. The average molecular weight is 290 g/mol. The molecule has 21 heavy (non-hydrogen) atoms. The first kappa shape index (κ1) is 14.5. The topological polar surface area (TPSA) is 110 Å². The Kier molecular flexibility index (Phi) is 3.88. The highest BCUT2D eigenvalue weighted by molar-refractivity contribution is 5.93. The number of nitro groups is 1. The Morgan fingerprint density at radius 2 is 2.24 bits per heavy atom. The third-order valence-corrected chi connectivity index (χ3v) is 3.01. The first-order valence-electron chi connectivity index (χ1n) is 6.18. The molecular weight excluding hydrogens is 276 g/mol. The number of carbonyl (C=O) groups excluding carboxylic acids is 1. The van der Waals surface area contributed by atoms with Crippen LogP contribution in [0.15, 0.2) is 30.5 Å². The number of anilines is 1. The summed E-state index contributed by atoms with van der Waals surface area (Å²) in [6.45, 7) is 3.18. The van der Waals surface area contributed by atoms with Gasteiger partial charge in [0.2, 0.25) is 0 Å². The van der Waals surface area contributed by atoms with Crippen molar-refractivity contribution in [3.8, 4) is 5.75 Å². The second-order valence-corrected chi connectivity index (χ2v) is 4.54. The number of phenolic OH excluding ortho intramolecular Hbond substituents is 1. The van der Waals surface area contributed by atoms with Gasteiger partial charge in [-0.3, -0.25) is 4.79 Å². The third kappa shape index (κ3) is 2.99. The molecule has 1 aromatic heterocycles. The number of nitrogens with one attached hydrogen (secondary N) is 1. The van der Waals surface area contributed by atoms with Gasteiger partial charge in [-0.05, 0) is 30.9 Å². The fourth-order valence-corrected chi connectivity index (χ4v) is 1.99. The predicted octanol–water partition coefficient (Wildman–Crippen LogP) is 2.01. The molecule has 1 aromatic carbocycles. The molecule has 0 radical (unpaired) electrons. The van der Waals surface area contributed by atoms with Crippen LogP contribution in [0.5, 0.6) is 5.75 Å². The molecule has 8 nitrogen and oxygen atoms in total. The number of rotatable bonds is 4. The van der Waals surface area contributed by atoms with Crippen molar-refractivity contribution in [2.45, 2.75) is 19.9 Å². The molecule has 1 heterocycles. The number of hydrogen-bond donors (Lipinski definition) is 2. The predicted molar refractivity (Wildman–Crippen MR) is 75.1 cm³/mol. The Labute approximate surface area is 120 Å². The number of aromatic hydroxyl groups is 1. The number of hydrogen-bond acceptors (Lipinski definition) is 5. The van der Waals surface area contributed by atoms with Crippen LogP contribution in [0.25, 0.3) is 0 Å². The van der Waals surface area contributed by atoms with Crippen LogP contribution >= 0.6 is 0 Å². The smallest absolute Gasteiger partial charge is 0.435 e. The minimum atomic E-state index is -0.810. The van der Waals surface area contributed by atoms with E-state index >= 15 is 0 Å². The van der Waals surface area contributed by atoms with Gasteiger partial charge < -0.3 is 20.5 Å². The highest BCUT2D eigenvalue weighted by atomic mass is 16.6. The molecule has 0 spiro atoms. The van der Waals surface area contributed by atoms with Crippen LogP contribution in [0.3, 0.4) is 0 Å². The maximum atomic E-state index is 12.2. The van der Waals surface area contributed by atoms with E-state index in [2.05, 4.69) is 10.3 Å². The SMILES string of the molecule is Cc1cnc([N+](=O)[O-])n1C(C)C(=O)Nc1cccc(O)c1. The van der Waals surface area contributed by atoms with Gasteiger partial charge in [-0.1, -0.05) is 11.1 Å². The summed E-state index contributed by atoms with van der Waals surface area (Å²) < 4.78 is 1.25. The summed E-state index contributed by atoms with van der Waals surface area (Å²) in [4.78, 5) is 26.2. The Bertz CT molecular complexity index is 695. The molecule has 0 aliphatic carbocycles. The van der Waals surface area contributed by atoms with Gasteiger partial charge in [0.25, 0.3) is 5.91 Å². The number of benzene rings is 1. The van der Waals surface area contributed by atoms with Crippen molar-refractivity contribution in [2.75, 3.05) is 5.32 Å². The van der Waals surface area contributed by atoms with Gasteiger partial charge in [-0.25, -0.2) is 4.57 Å². The lowest BCUT2D eigenvalue weighted by molar-refractivity contribution is -0.397. The molecule has 0 fully saturated rings. The highest BCUT2D eigenvalue weighted by Crippen LogP contribution is 2.22. The first-order valence-corrected chi connectivity index (χ1v) is 6.18. The third-order valence-electron chi connectivity index (χ3n) is 3.01. The summed E-state index contributed by atoms with van der Waals surface area (Å²) in [5.74, 6) is -0.805. The van der Waals surface area contributed by atoms with Crippen LogP contribution in [-0.4, -0.2) is 25.5 Å². The largest absolute Gasteiger partial charge is 0.508 e. The summed E-state index contributed by atoms with van der Waals surface area (Å²) in [6.07, 6.45) is 1.34. The number of carbonyl (C=O) groups is 1. The van der Waals surface area contributed by atoms with Gasteiger partial charge in [0.15, 0.2) is 6.04 Å². The standard InChI is InChI=1S/C13H14N4O4/c1-8-7-14-13(17(20)21)16(8)9(2)12(19)15-10-4-3-5-11(18)6-10/h3-7,9,18H,1-2H3,(H,15,19). The molecule has 1 amide bonds. The zero-order chi connectivity index (χ0) is 15.6. The van der Waals surface area contributed by atoms with E-state index in [1.54, 1.807) is 26.0 Å². The summed E-state index contributed by atoms with van der Waals surface area (Å²) >= 11 is 0. The van der Waals surface area contributed by atoms with Crippen molar-refractivity contribution in [3.63, 3.8) is 0 Å². The van der Waals surface area contributed by atoms with Crippen LogP contribution in [0, 0.1) is 17.0 Å². The van der Waals surface area contributed by atoms with Crippen LogP contribution in [0.1, 0.15) is 18.7 Å². The van der Waals surface area contributed by atoms with Gasteiger partial charge in [0.05, 0.1) is 0 Å². The van der Waals surface area contributed by atoms with E-state index in [0.717, 1.165) is 0 Å². The van der Waals surface area contributed by atoms with Crippen molar-refractivity contribution >= 4 is 17.5 Å². The van der Waals surface area contributed by atoms with Crippen LogP contribution in [-0.2, 0) is 4.79 Å². The molecule has 8 heteroatoms. The van der Waals surface area contributed by atoms with Crippen LogP contribution < -0.4 is 5.32 Å². The summed E-state index contributed by atoms with van der Waals surface area (Å²) in [5, 5.41) is 22.9. The Balaban J connectivity index is 2.24. The van der Waals surface area contributed by atoms with E-state index in [-0.39, 0.29) is 11.7 Å². The second kappa shape index (κ2) is 5.61. The second-order valence-electron chi connectivity index (χ2n) is 4.54. The summed E-state index contributed by atoms with van der Waals surface area (Å²) in [7, 11) is 0. The minimum Gasteiger partial charge on any atom is -0.508 e. The number of phenols is 1. The van der Waals surface area contributed by atoms with E-state index in [0.29, 0.717) is 11.4 Å². The van der Waals surface area contributed by atoms with Gasteiger partial charge in [0, 0.05) is 11.8 Å². The van der Waals surface area contributed by atoms with Gasteiger partial charge >= 0.3 is 5.95 Å². The zero-order valence-electron chi connectivity index (χ0n) is 11.5. The van der Waals surface area contributed by atoms with E-state index in [4.69, 9.17) is 0 Å². The van der Waals surface area contributed by atoms with E-state index in [1.165, 1.54) is 22.9 Å². The molecule has 2 aromatic rings. The molecule has 110 valence electrons. The molecule has 0 aliphatic heterocycles. The summed E-state index contributed by atoms with van der Waals surface area (Å²) in [5.41, 5.74) is 0.924.